The van der Waals surface area contributed by atoms with Crippen molar-refractivity contribution in [3.05, 3.63) is 83.4 Å². The van der Waals surface area contributed by atoms with Crippen LogP contribution in [0.2, 0.25) is 0 Å². The molecule has 0 fully saturated rings. The Balaban J connectivity index is 2.14. The van der Waals surface area contributed by atoms with E-state index in [9.17, 15) is 13.2 Å². The molecule has 0 saturated heterocycles. The van der Waals surface area contributed by atoms with Gasteiger partial charge in [0.05, 0.1) is 6.93 Å². The summed E-state index contributed by atoms with van der Waals surface area (Å²) in [6.45, 7) is -6.83. The van der Waals surface area contributed by atoms with E-state index in [2.05, 4.69) is 0 Å². The molecule has 0 bridgehead atoms. The van der Waals surface area contributed by atoms with Crippen molar-refractivity contribution in [2.24, 2.45) is 0 Å². The molecule has 26 heavy (non-hydrogen) atoms. The van der Waals surface area contributed by atoms with Crippen LogP contribution in [0.3, 0.4) is 0 Å². The van der Waals surface area contributed by atoms with E-state index >= 15 is 0 Å². The molecular formula is C22H22F3N. The third-order valence-corrected chi connectivity index (χ3v) is 3.71. The normalized spacial score (nSPS) is 22.1. The number of alkyl halides is 3. The molecule has 0 saturated carbocycles. The van der Waals surface area contributed by atoms with Gasteiger partial charge in [-0.3, -0.25) is 0 Å². The van der Waals surface area contributed by atoms with Crippen LogP contribution in [-0.2, 0) is 12.5 Å². The number of fused-ring (bicyclic) bond motifs is 1. The van der Waals surface area contributed by atoms with Crippen LogP contribution in [0, 0.1) is 0 Å². The molecule has 0 aromatic heterocycles. The van der Waals surface area contributed by atoms with Crippen molar-refractivity contribution in [3.8, 4) is 0 Å². The second-order valence-corrected chi connectivity index (χ2v) is 5.48. The van der Waals surface area contributed by atoms with Crippen molar-refractivity contribution >= 4 is 10.8 Å². The van der Waals surface area contributed by atoms with Gasteiger partial charge in [-0.25, -0.2) is 0 Å². The van der Waals surface area contributed by atoms with Gasteiger partial charge in [-0.15, -0.1) is 0 Å². The van der Waals surface area contributed by atoms with Gasteiger partial charge in [0.2, 0.25) is 0 Å². The summed E-state index contributed by atoms with van der Waals surface area (Å²) < 4.78 is 122. The SMILES string of the molecule is [2H]C([2H])(N[C@@]([2H])(c1cccc2ccccc12)C([2H])([2H])[2H])C([2H])([2H])C([2H])([2H])c1cccc(C(F)(F)F)c1. The lowest BCUT2D eigenvalue weighted by Gasteiger charge is -2.17. The third kappa shape index (κ3) is 4.44. The fourth-order valence-corrected chi connectivity index (χ4v) is 2.48. The van der Waals surface area contributed by atoms with E-state index in [4.69, 9.17) is 13.7 Å². The number of benzene rings is 3. The summed E-state index contributed by atoms with van der Waals surface area (Å²) in [7, 11) is 0. The molecule has 0 aliphatic heterocycles. The summed E-state index contributed by atoms with van der Waals surface area (Å²) in [4.78, 5) is 0. The van der Waals surface area contributed by atoms with E-state index in [0.29, 0.717) is 17.5 Å². The van der Waals surface area contributed by atoms with Gasteiger partial charge in [0, 0.05) is 18.4 Å². The minimum Gasteiger partial charge on any atom is -0.310 e. The molecule has 0 heterocycles. The highest BCUT2D eigenvalue weighted by molar-refractivity contribution is 5.86. The van der Waals surface area contributed by atoms with Crippen LogP contribution in [0.5, 0.6) is 0 Å². The standard InChI is InChI=1S/C22H22F3N/c1-16(20-13-5-10-18-9-2-3-12-21(18)20)26-14-6-8-17-7-4-11-19(15-17)22(23,24)25/h2-5,7,9-13,15-16,26H,6,8,14H2,1H3/t16-/m1/s1/i1D3,6D2,8D2,14D2,16D. The molecule has 0 amide bonds. The zero-order valence-corrected chi connectivity index (χ0v) is 13.5. The Hall–Kier alpha value is -2.33. The molecule has 0 spiro atoms. The molecule has 136 valence electrons. The smallest absolute Gasteiger partial charge is 0.310 e. The first kappa shape index (κ1) is 9.56. The Bertz CT molecular complexity index is 1250. The maximum atomic E-state index is 13.2. The number of aryl methyl sites for hydroxylation is 1. The summed E-state index contributed by atoms with van der Waals surface area (Å²) in [5, 5.41) is 2.68. The van der Waals surface area contributed by atoms with E-state index in [-0.39, 0.29) is 10.9 Å². The van der Waals surface area contributed by atoms with Gasteiger partial charge in [-0.2, -0.15) is 13.2 Å². The van der Waals surface area contributed by atoms with Crippen LogP contribution in [0.15, 0.2) is 66.7 Å². The Morgan fingerprint density at radius 2 is 1.85 bits per heavy atom. The molecule has 0 unspecified atom stereocenters. The lowest BCUT2D eigenvalue weighted by Crippen LogP contribution is -2.20. The van der Waals surface area contributed by atoms with Gasteiger partial charge in [-0.1, -0.05) is 60.7 Å². The van der Waals surface area contributed by atoms with Gasteiger partial charge in [0.25, 0.3) is 0 Å². The first-order chi connectivity index (χ1) is 16.3. The first-order valence-electron chi connectivity index (χ1n) is 12.7. The molecule has 3 rings (SSSR count). The van der Waals surface area contributed by atoms with Crippen molar-refractivity contribution in [2.75, 3.05) is 6.50 Å². The lowest BCUT2D eigenvalue weighted by atomic mass is 9.99. The van der Waals surface area contributed by atoms with Crippen molar-refractivity contribution in [3.63, 3.8) is 0 Å². The Labute approximate surface area is 165 Å². The fraction of sp³-hybridized carbons (Fsp3) is 0.273. The van der Waals surface area contributed by atoms with Crippen LogP contribution >= 0.6 is 0 Å². The van der Waals surface area contributed by atoms with Crippen LogP contribution in [0.25, 0.3) is 10.8 Å². The highest BCUT2D eigenvalue weighted by Crippen LogP contribution is 2.29. The van der Waals surface area contributed by atoms with Crippen molar-refractivity contribution < 1.29 is 26.9 Å². The first-order valence-corrected chi connectivity index (χ1v) is 7.71. The maximum Gasteiger partial charge on any atom is 0.416 e. The zero-order chi connectivity index (χ0) is 27.4. The van der Waals surface area contributed by atoms with Gasteiger partial charge in [0.15, 0.2) is 0 Å². The molecule has 3 aromatic rings. The molecule has 1 N–H and O–H groups in total. The molecule has 0 aliphatic rings. The van der Waals surface area contributed by atoms with Crippen molar-refractivity contribution in [1.82, 2.24) is 5.32 Å². The fourth-order valence-electron chi connectivity index (χ4n) is 2.48. The average Bonchev–Trinajstić information content (AvgIpc) is 2.76. The Morgan fingerprint density at radius 1 is 1.08 bits per heavy atom. The van der Waals surface area contributed by atoms with Crippen LogP contribution in [0.1, 0.15) is 49.6 Å². The summed E-state index contributed by atoms with van der Waals surface area (Å²) in [6.07, 6.45) is -11.9. The number of hydrogen-bond acceptors (Lipinski definition) is 1. The molecule has 0 aliphatic carbocycles. The van der Waals surface area contributed by atoms with Gasteiger partial charge >= 0.3 is 6.18 Å². The number of halogens is 3. The summed E-state index contributed by atoms with van der Waals surface area (Å²) >= 11 is 0. The Morgan fingerprint density at radius 3 is 2.65 bits per heavy atom. The van der Waals surface area contributed by atoms with E-state index in [0.717, 1.165) is 12.1 Å². The van der Waals surface area contributed by atoms with Gasteiger partial charge in [-0.05, 0) is 54.1 Å². The molecule has 1 atom stereocenters. The highest BCUT2D eigenvalue weighted by atomic mass is 19.4. The van der Waals surface area contributed by atoms with Crippen LogP contribution in [-0.4, -0.2) is 6.50 Å². The molecule has 1 nitrogen and oxygen atoms in total. The number of nitrogens with one attached hydrogen (secondary N) is 1. The molecule has 3 aromatic carbocycles. The van der Waals surface area contributed by atoms with E-state index < -0.39 is 49.4 Å². The third-order valence-electron chi connectivity index (χ3n) is 3.71. The Kier molecular flexibility index (Phi) is 2.91. The summed E-state index contributed by atoms with van der Waals surface area (Å²) in [6, 6.07) is 10.5. The minimum absolute atomic E-state index is 0.208. The second kappa shape index (κ2) is 7.92. The number of rotatable bonds is 6. The van der Waals surface area contributed by atoms with Crippen LogP contribution < -0.4 is 5.32 Å². The number of hydrogen-bond donors (Lipinski definition) is 1. The highest BCUT2D eigenvalue weighted by Gasteiger charge is 2.30. The van der Waals surface area contributed by atoms with Crippen molar-refractivity contribution in [2.45, 2.75) is 31.8 Å². The van der Waals surface area contributed by atoms with E-state index in [1.807, 2.05) is 5.32 Å². The quantitative estimate of drug-likeness (QED) is 0.552. The van der Waals surface area contributed by atoms with Gasteiger partial charge in [0.1, 0.15) is 0 Å². The lowest BCUT2D eigenvalue weighted by molar-refractivity contribution is -0.137. The van der Waals surface area contributed by atoms with Crippen LogP contribution in [0.4, 0.5) is 13.2 Å². The zero-order valence-electron chi connectivity index (χ0n) is 23.5. The molecular weight excluding hydrogens is 335 g/mol. The topological polar surface area (TPSA) is 12.0 Å². The molecule has 0 radical (unpaired) electrons. The summed E-state index contributed by atoms with van der Waals surface area (Å²) in [5.74, 6) is 0. The second-order valence-electron chi connectivity index (χ2n) is 5.48. The van der Waals surface area contributed by atoms with Crippen molar-refractivity contribution in [1.29, 1.82) is 0 Å². The average molecular weight is 367 g/mol. The maximum absolute atomic E-state index is 13.2. The van der Waals surface area contributed by atoms with E-state index in [1.165, 1.54) is 18.2 Å². The largest absolute Gasteiger partial charge is 0.416 e. The summed E-state index contributed by atoms with van der Waals surface area (Å²) in [5.41, 5.74) is -2.27. The molecule has 4 heteroatoms. The predicted octanol–water partition coefficient (Wildman–Crippen LogP) is 6.14. The predicted molar refractivity (Wildman–Crippen MR) is 100 cm³/mol. The van der Waals surface area contributed by atoms with E-state index in [1.54, 1.807) is 24.3 Å². The minimum atomic E-state index is -4.86. The monoisotopic (exact) mass is 367 g/mol. The van der Waals surface area contributed by atoms with Gasteiger partial charge < -0.3 is 5.32 Å².